The molecular weight excluding hydrogens is 456 g/mol. The Morgan fingerprint density at radius 1 is 0.514 bits per heavy atom. The third-order valence-corrected chi connectivity index (χ3v) is 4.39. The Morgan fingerprint density at radius 2 is 0.914 bits per heavy atom. The average Bonchev–Trinajstić information content (AvgIpc) is 2.87. The normalized spacial score (nSPS) is 10.8. The molecule has 0 spiro atoms. The van der Waals surface area contributed by atoms with E-state index in [1.54, 1.807) is 12.1 Å². The number of rotatable bonds is 24. The quantitative estimate of drug-likeness (QED) is 0.158. The zero-order chi connectivity index (χ0) is 25.4. The maximum absolute atomic E-state index is 6.00. The van der Waals surface area contributed by atoms with Gasteiger partial charge in [0.2, 0.25) is 5.75 Å². The number of ether oxygens (including phenoxy) is 9. The van der Waals surface area contributed by atoms with E-state index in [-0.39, 0.29) is 0 Å². The first-order chi connectivity index (χ1) is 17.3. The summed E-state index contributed by atoms with van der Waals surface area (Å²) in [7, 11) is 0. The van der Waals surface area contributed by atoms with Crippen LogP contribution >= 0.6 is 0 Å². The van der Waals surface area contributed by atoms with E-state index < -0.39 is 0 Å². The SMILES string of the molecule is C#Cc1ccc(OCCOCCOCC)c(OCCOCCOCC)c1OCCOCCOCC. The monoisotopic (exact) mass is 498 g/mol. The number of benzene rings is 1. The van der Waals surface area contributed by atoms with E-state index in [0.29, 0.717) is 122 Å². The fourth-order valence-electron chi connectivity index (χ4n) is 2.76. The van der Waals surface area contributed by atoms with Crippen molar-refractivity contribution < 1.29 is 42.6 Å². The lowest BCUT2D eigenvalue weighted by molar-refractivity contribution is 0.0346. The predicted molar refractivity (Wildman–Crippen MR) is 133 cm³/mol. The van der Waals surface area contributed by atoms with E-state index in [2.05, 4.69) is 5.92 Å². The summed E-state index contributed by atoms with van der Waals surface area (Å²) < 4.78 is 50.3. The Bertz CT molecular complexity index is 676. The van der Waals surface area contributed by atoms with E-state index in [0.717, 1.165) is 0 Å². The molecule has 1 rings (SSSR count). The van der Waals surface area contributed by atoms with Crippen LogP contribution in [0.15, 0.2) is 12.1 Å². The van der Waals surface area contributed by atoms with Gasteiger partial charge in [-0.1, -0.05) is 5.92 Å². The number of hydrogen-bond donors (Lipinski definition) is 0. The third kappa shape index (κ3) is 14.8. The van der Waals surface area contributed by atoms with Gasteiger partial charge in [0.05, 0.1) is 65.0 Å². The highest BCUT2D eigenvalue weighted by Gasteiger charge is 2.17. The molecule has 0 radical (unpaired) electrons. The van der Waals surface area contributed by atoms with Gasteiger partial charge in [0.15, 0.2) is 11.5 Å². The van der Waals surface area contributed by atoms with Crippen LogP contribution in [0.4, 0.5) is 0 Å². The van der Waals surface area contributed by atoms with E-state index >= 15 is 0 Å². The predicted octanol–water partition coefficient (Wildman–Crippen LogP) is 2.96. The Hall–Kier alpha value is -2.06. The molecule has 35 heavy (non-hydrogen) atoms. The average molecular weight is 499 g/mol. The molecule has 9 heteroatoms. The molecule has 0 saturated heterocycles. The first kappa shape index (κ1) is 31.0. The van der Waals surface area contributed by atoms with Gasteiger partial charge in [-0.25, -0.2) is 0 Å². The minimum atomic E-state index is 0.294. The van der Waals surface area contributed by atoms with E-state index in [1.165, 1.54) is 0 Å². The van der Waals surface area contributed by atoms with Crippen molar-refractivity contribution in [2.45, 2.75) is 20.8 Å². The fraction of sp³-hybridized carbons (Fsp3) is 0.692. The van der Waals surface area contributed by atoms with Gasteiger partial charge in [-0.2, -0.15) is 0 Å². The smallest absolute Gasteiger partial charge is 0.204 e. The lowest BCUT2D eigenvalue weighted by atomic mass is 10.2. The molecule has 0 N–H and O–H groups in total. The van der Waals surface area contributed by atoms with Crippen molar-refractivity contribution in [2.75, 3.05) is 99.1 Å². The molecule has 0 unspecified atom stereocenters. The highest BCUT2D eigenvalue weighted by Crippen LogP contribution is 2.40. The second-order valence-electron chi connectivity index (χ2n) is 6.89. The zero-order valence-corrected chi connectivity index (χ0v) is 21.5. The summed E-state index contributed by atoms with van der Waals surface area (Å²) in [6.07, 6.45) is 5.71. The summed E-state index contributed by atoms with van der Waals surface area (Å²) in [5.74, 6) is 4.02. The molecule has 1 aromatic carbocycles. The highest BCUT2D eigenvalue weighted by molar-refractivity contribution is 5.60. The van der Waals surface area contributed by atoms with Crippen LogP contribution in [-0.2, 0) is 28.4 Å². The molecule has 0 saturated carbocycles. The molecule has 0 bridgehead atoms. The standard InChI is InChI=1S/C26H42O9/c1-5-23-9-10-24(33-20-17-30-14-11-27-6-2)26(35-22-19-32-16-13-29-8-4)25(23)34-21-18-31-15-12-28-7-3/h1,9-10H,6-8,11-22H2,2-4H3. The summed E-state index contributed by atoms with van der Waals surface area (Å²) >= 11 is 0. The van der Waals surface area contributed by atoms with Crippen molar-refractivity contribution in [3.05, 3.63) is 17.7 Å². The minimum Gasteiger partial charge on any atom is -0.487 e. The Labute approximate surface area is 210 Å². The van der Waals surface area contributed by atoms with E-state index in [4.69, 9.17) is 49.1 Å². The summed E-state index contributed by atoms with van der Waals surface area (Å²) in [6.45, 7) is 13.0. The van der Waals surface area contributed by atoms with Gasteiger partial charge < -0.3 is 42.6 Å². The van der Waals surface area contributed by atoms with Crippen molar-refractivity contribution in [3.8, 4) is 29.6 Å². The zero-order valence-electron chi connectivity index (χ0n) is 21.5. The molecule has 200 valence electrons. The first-order valence-electron chi connectivity index (χ1n) is 12.3. The Balaban J connectivity index is 2.71. The van der Waals surface area contributed by atoms with Gasteiger partial charge in [-0.05, 0) is 32.9 Å². The molecule has 0 aromatic heterocycles. The lowest BCUT2D eigenvalue weighted by Crippen LogP contribution is -2.15. The fourth-order valence-corrected chi connectivity index (χ4v) is 2.76. The number of terminal acetylenes is 1. The molecule has 0 atom stereocenters. The number of hydrogen-bond acceptors (Lipinski definition) is 9. The minimum absolute atomic E-state index is 0.294. The molecule has 0 aliphatic rings. The topological polar surface area (TPSA) is 83.1 Å². The van der Waals surface area contributed by atoms with Crippen LogP contribution in [0.3, 0.4) is 0 Å². The van der Waals surface area contributed by atoms with Crippen molar-refractivity contribution in [1.82, 2.24) is 0 Å². The summed E-state index contributed by atoms with van der Waals surface area (Å²) in [6, 6.07) is 3.54. The van der Waals surface area contributed by atoms with Gasteiger partial charge in [-0.15, -0.1) is 6.42 Å². The molecule has 0 amide bonds. The van der Waals surface area contributed by atoms with Crippen molar-refractivity contribution in [1.29, 1.82) is 0 Å². The molecule has 0 fully saturated rings. The van der Waals surface area contributed by atoms with Crippen molar-refractivity contribution in [2.24, 2.45) is 0 Å². The Kier molecular flexibility index (Phi) is 19.8. The molecule has 0 heterocycles. The van der Waals surface area contributed by atoms with Crippen LogP contribution < -0.4 is 14.2 Å². The summed E-state index contributed by atoms with van der Waals surface area (Å²) in [5, 5.41) is 0. The van der Waals surface area contributed by atoms with Gasteiger partial charge in [0.1, 0.15) is 19.8 Å². The summed E-state index contributed by atoms with van der Waals surface area (Å²) in [5.41, 5.74) is 0.562. The van der Waals surface area contributed by atoms with Crippen LogP contribution in [0.2, 0.25) is 0 Å². The largest absolute Gasteiger partial charge is 0.487 e. The maximum atomic E-state index is 6.00. The van der Waals surface area contributed by atoms with Gasteiger partial charge in [0, 0.05) is 19.8 Å². The highest BCUT2D eigenvalue weighted by atomic mass is 16.6. The van der Waals surface area contributed by atoms with Crippen LogP contribution in [0.25, 0.3) is 0 Å². The van der Waals surface area contributed by atoms with Gasteiger partial charge in [-0.3, -0.25) is 0 Å². The van der Waals surface area contributed by atoms with Gasteiger partial charge >= 0.3 is 0 Å². The maximum Gasteiger partial charge on any atom is 0.204 e. The lowest BCUT2D eigenvalue weighted by Gasteiger charge is -2.18. The van der Waals surface area contributed by atoms with Crippen LogP contribution in [0.5, 0.6) is 17.2 Å². The molecule has 0 aliphatic carbocycles. The first-order valence-corrected chi connectivity index (χ1v) is 12.3. The van der Waals surface area contributed by atoms with Crippen LogP contribution in [0.1, 0.15) is 26.3 Å². The molecule has 9 nitrogen and oxygen atoms in total. The van der Waals surface area contributed by atoms with Crippen LogP contribution in [-0.4, -0.2) is 99.1 Å². The van der Waals surface area contributed by atoms with Crippen LogP contribution in [0, 0.1) is 12.3 Å². The Morgan fingerprint density at radius 3 is 1.37 bits per heavy atom. The second-order valence-corrected chi connectivity index (χ2v) is 6.89. The van der Waals surface area contributed by atoms with Gasteiger partial charge in [0.25, 0.3) is 0 Å². The van der Waals surface area contributed by atoms with Crippen molar-refractivity contribution in [3.63, 3.8) is 0 Å². The molecule has 0 aliphatic heterocycles. The van der Waals surface area contributed by atoms with E-state index in [1.807, 2.05) is 20.8 Å². The summed E-state index contributed by atoms with van der Waals surface area (Å²) in [4.78, 5) is 0. The van der Waals surface area contributed by atoms with Crippen molar-refractivity contribution >= 4 is 0 Å². The van der Waals surface area contributed by atoms with E-state index in [9.17, 15) is 0 Å². The molecule has 1 aromatic rings. The second kappa shape index (κ2) is 22.4. The molecular formula is C26H42O9. The third-order valence-electron chi connectivity index (χ3n) is 4.39.